The van der Waals surface area contributed by atoms with Crippen LogP contribution >= 0.6 is 0 Å². The second-order valence-electron chi connectivity index (χ2n) is 11.6. The van der Waals surface area contributed by atoms with Gasteiger partial charge in [-0.1, -0.05) is 54.6 Å². The van der Waals surface area contributed by atoms with Crippen LogP contribution in [0.4, 0.5) is 11.4 Å². The Morgan fingerprint density at radius 2 is 1.76 bits per heavy atom. The molecule has 1 atom stereocenters. The van der Waals surface area contributed by atoms with E-state index in [1.54, 1.807) is 0 Å². The number of anilines is 2. The minimum atomic E-state index is -0.262. The molecule has 1 aliphatic heterocycles. The zero-order valence-electron chi connectivity index (χ0n) is 22.6. The van der Waals surface area contributed by atoms with Crippen molar-refractivity contribution in [3.8, 4) is 0 Å². The summed E-state index contributed by atoms with van der Waals surface area (Å²) in [6.45, 7) is 5.52. The third-order valence-corrected chi connectivity index (χ3v) is 8.79. The van der Waals surface area contributed by atoms with Crippen LogP contribution < -0.4 is 11.1 Å². The number of nitrogens with zero attached hydrogens (tertiary/aromatic N) is 2. The zero-order chi connectivity index (χ0) is 26.0. The average Bonchev–Trinajstić information content (AvgIpc) is 2.94. The zero-order valence-corrected chi connectivity index (χ0v) is 22.6. The lowest BCUT2D eigenvalue weighted by atomic mass is 9.75. The van der Waals surface area contributed by atoms with Crippen LogP contribution in [0.5, 0.6) is 0 Å². The quantitative estimate of drug-likeness (QED) is 0.281. The van der Waals surface area contributed by atoms with Crippen LogP contribution in [0, 0.1) is 12.8 Å². The molecule has 38 heavy (non-hydrogen) atoms. The van der Waals surface area contributed by atoms with Gasteiger partial charge in [-0.05, 0) is 112 Å². The first-order valence-corrected chi connectivity index (χ1v) is 14.4. The van der Waals surface area contributed by atoms with Gasteiger partial charge in [0.1, 0.15) is 0 Å². The van der Waals surface area contributed by atoms with Crippen LogP contribution in [-0.4, -0.2) is 29.5 Å². The first kappa shape index (κ1) is 25.1. The number of benzene rings is 3. The lowest BCUT2D eigenvalue weighted by Crippen LogP contribution is -2.44. The number of aromatic nitrogens is 1. The van der Waals surface area contributed by atoms with Gasteiger partial charge >= 0.3 is 0 Å². The van der Waals surface area contributed by atoms with Crippen molar-refractivity contribution in [3.63, 3.8) is 0 Å². The molecule has 0 radical (unpaired) electrons. The van der Waals surface area contributed by atoms with Gasteiger partial charge in [0.2, 0.25) is 0 Å². The van der Waals surface area contributed by atoms with Crippen molar-refractivity contribution in [1.29, 1.82) is 0 Å². The molecule has 3 aromatic carbocycles. The highest BCUT2D eigenvalue weighted by Crippen LogP contribution is 2.39. The van der Waals surface area contributed by atoms with E-state index in [1.165, 1.54) is 55.5 Å². The van der Waals surface area contributed by atoms with E-state index >= 15 is 0 Å². The largest absolute Gasteiger partial charge is 0.355 e. The van der Waals surface area contributed by atoms with Crippen molar-refractivity contribution in [3.05, 3.63) is 101 Å². The summed E-state index contributed by atoms with van der Waals surface area (Å²) in [5, 5.41) is 4.84. The number of aryl methyl sites for hydroxylation is 2. The normalized spacial score (nSPS) is 20.4. The Labute approximate surface area is 227 Å². The monoisotopic (exact) mass is 504 g/mol. The molecule has 1 unspecified atom stereocenters. The van der Waals surface area contributed by atoms with Crippen LogP contribution in [0.15, 0.2) is 78.9 Å². The van der Waals surface area contributed by atoms with E-state index < -0.39 is 0 Å². The van der Waals surface area contributed by atoms with Crippen LogP contribution in [-0.2, 0) is 18.4 Å². The third-order valence-electron chi connectivity index (χ3n) is 8.79. The summed E-state index contributed by atoms with van der Waals surface area (Å²) in [7, 11) is 0. The summed E-state index contributed by atoms with van der Waals surface area (Å²) in [6.07, 6.45) is 8.16. The van der Waals surface area contributed by atoms with E-state index in [0.29, 0.717) is 0 Å². The number of nitrogens with one attached hydrogen (secondary N) is 1. The Balaban J connectivity index is 1.13. The smallest absolute Gasteiger partial charge is 0.0726 e. The molecule has 0 amide bonds. The molecule has 1 aliphatic carbocycles. The van der Waals surface area contributed by atoms with Crippen molar-refractivity contribution in [2.75, 3.05) is 25.0 Å². The maximum absolute atomic E-state index is 7.23. The fourth-order valence-corrected chi connectivity index (χ4v) is 6.61. The van der Waals surface area contributed by atoms with E-state index in [4.69, 9.17) is 10.7 Å². The lowest BCUT2D eigenvalue weighted by molar-refractivity contribution is 0.164. The second-order valence-corrected chi connectivity index (χ2v) is 11.6. The van der Waals surface area contributed by atoms with Crippen LogP contribution in [0.3, 0.4) is 0 Å². The van der Waals surface area contributed by atoms with Crippen LogP contribution in [0.2, 0.25) is 0 Å². The van der Waals surface area contributed by atoms with Crippen LogP contribution in [0.25, 0.3) is 10.9 Å². The number of hydrogen-bond donors (Lipinski definition) is 2. The molecule has 6 rings (SSSR count). The van der Waals surface area contributed by atoms with Gasteiger partial charge in [0.25, 0.3) is 0 Å². The molecule has 0 saturated carbocycles. The summed E-state index contributed by atoms with van der Waals surface area (Å²) in [5.41, 5.74) is 15.5. The molecule has 0 bridgehead atoms. The first-order chi connectivity index (χ1) is 18.6. The summed E-state index contributed by atoms with van der Waals surface area (Å²) >= 11 is 0. The number of fused-ring (bicyclic) bond motifs is 2. The van der Waals surface area contributed by atoms with Crippen molar-refractivity contribution in [2.45, 2.75) is 57.4 Å². The van der Waals surface area contributed by atoms with Gasteiger partial charge in [-0.3, -0.25) is 4.98 Å². The fraction of sp³-hybridized carbons (Fsp3) is 0.382. The first-order valence-electron chi connectivity index (χ1n) is 14.4. The SMILES string of the molecule is Cc1cc(Nc2ccc3c(c2)C(N)(CCN2CCC(Cc4ccccc4)CC2)CCC3)c2ccccc2n1. The molecular formula is C34H40N4. The van der Waals surface area contributed by atoms with Crippen molar-refractivity contribution in [2.24, 2.45) is 11.7 Å². The highest BCUT2D eigenvalue weighted by molar-refractivity contribution is 5.93. The Bertz CT molecular complexity index is 1390. The predicted octanol–water partition coefficient (Wildman–Crippen LogP) is 7.12. The number of hydrogen-bond acceptors (Lipinski definition) is 4. The van der Waals surface area contributed by atoms with E-state index in [0.717, 1.165) is 59.7 Å². The van der Waals surface area contributed by atoms with Gasteiger partial charge in [0, 0.05) is 34.5 Å². The Kier molecular flexibility index (Phi) is 7.18. The number of para-hydroxylation sites is 1. The number of piperidine rings is 1. The highest BCUT2D eigenvalue weighted by Gasteiger charge is 2.33. The minimum absolute atomic E-state index is 0.262. The van der Waals surface area contributed by atoms with Gasteiger partial charge in [0.15, 0.2) is 0 Å². The Morgan fingerprint density at radius 3 is 2.61 bits per heavy atom. The third kappa shape index (κ3) is 5.48. The minimum Gasteiger partial charge on any atom is -0.355 e. The number of pyridine rings is 1. The predicted molar refractivity (Wildman–Crippen MR) is 159 cm³/mol. The molecule has 4 nitrogen and oxygen atoms in total. The van der Waals surface area contributed by atoms with Gasteiger partial charge in [-0.15, -0.1) is 0 Å². The molecule has 4 aromatic rings. The summed E-state index contributed by atoms with van der Waals surface area (Å²) in [6, 6.07) is 28.3. The van der Waals surface area contributed by atoms with Gasteiger partial charge in [-0.25, -0.2) is 0 Å². The Morgan fingerprint density at radius 1 is 0.974 bits per heavy atom. The maximum Gasteiger partial charge on any atom is 0.0726 e. The lowest BCUT2D eigenvalue weighted by Gasteiger charge is -2.39. The molecule has 2 heterocycles. The van der Waals surface area contributed by atoms with E-state index in [9.17, 15) is 0 Å². The molecule has 2 aliphatic rings. The fourth-order valence-electron chi connectivity index (χ4n) is 6.61. The molecule has 3 N–H and O–H groups in total. The second kappa shape index (κ2) is 10.9. The number of likely N-dealkylation sites (tertiary alicyclic amines) is 1. The van der Waals surface area contributed by atoms with Gasteiger partial charge in [-0.2, -0.15) is 0 Å². The van der Waals surface area contributed by atoms with Crippen LogP contribution in [0.1, 0.15) is 54.5 Å². The number of nitrogens with two attached hydrogens (primary N) is 1. The Hall–Kier alpha value is -3.21. The molecule has 4 heteroatoms. The van der Waals surface area contributed by atoms with E-state index in [2.05, 4.69) is 89.9 Å². The molecule has 1 aromatic heterocycles. The summed E-state index contributed by atoms with van der Waals surface area (Å²) < 4.78 is 0. The highest BCUT2D eigenvalue weighted by atomic mass is 15.1. The van der Waals surface area contributed by atoms with Crippen molar-refractivity contribution >= 4 is 22.3 Å². The standard InChI is InChI=1S/C34H40N4/c1-25-22-33(30-11-5-6-12-32(30)36-25)37-29-14-13-28-10-7-17-34(35,31(28)24-29)18-21-38-19-15-27(16-20-38)23-26-8-3-2-4-9-26/h2-6,8-9,11-14,22,24,27H,7,10,15-21,23,35H2,1H3,(H,36,37). The molecule has 1 saturated heterocycles. The molecular weight excluding hydrogens is 464 g/mol. The van der Waals surface area contributed by atoms with Crippen molar-refractivity contribution in [1.82, 2.24) is 9.88 Å². The molecule has 196 valence electrons. The van der Waals surface area contributed by atoms with Gasteiger partial charge in [0.05, 0.1) is 5.52 Å². The number of rotatable bonds is 7. The summed E-state index contributed by atoms with van der Waals surface area (Å²) in [4.78, 5) is 7.35. The topological polar surface area (TPSA) is 54.2 Å². The average molecular weight is 505 g/mol. The molecule has 1 fully saturated rings. The van der Waals surface area contributed by atoms with E-state index in [-0.39, 0.29) is 5.54 Å². The molecule has 0 spiro atoms. The van der Waals surface area contributed by atoms with Gasteiger partial charge < -0.3 is 16.0 Å². The maximum atomic E-state index is 7.23. The van der Waals surface area contributed by atoms with E-state index in [1.807, 2.05) is 6.07 Å². The summed E-state index contributed by atoms with van der Waals surface area (Å²) in [5.74, 6) is 0.803. The van der Waals surface area contributed by atoms with Crippen molar-refractivity contribution < 1.29 is 0 Å².